The van der Waals surface area contributed by atoms with Gasteiger partial charge in [-0.3, -0.25) is 0 Å². The summed E-state index contributed by atoms with van der Waals surface area (Å²) in [7, 11) is 1.56. The second-order valence-electron chi connectivity index (χ2n) is 4.94. The maximum atomic E-state index is 13.1. The van der Waals surface area contributed by atoms with Crippen molar-refractivity contribution in [3.8, 4) is 17.1 Å². The number of hydrogen-bond acceptors (Lipinski definition) is 6. The van der Waals surface area contributed by atoms with E-state index in [9.17, 15) is 9.18 Å². The Morgan fingerprint density at radius 1 is 1.28 bits per heavy atom. The highest BCUT2D eigenvalue weighted by Crippen LogP contribution is 2.22. The van der Waals surface area contributed by atoms with Gasteiger partial charge < -0.3 is 14.0 Å². The number of carbonyl (C=O) groups excluding carboxylic acids is 1. The zero-order chi connectivity index (χ0) is 17.8. The van der Waals surface area contributed by atoms with Crippen LogP contribution in [0.2, 0.25) is 0 Å². The number of benzene rings is 2. The Kier molecular flexibility index (Phi) is 5.08. The van der Waals surface area contributed by atoms with E-state index in [4.69, 9.17) is 14.0 Å². The first kappa shape index (κ1) is 17.1. The minimum Gasteiger partial charge on any atom is -0.497 e. The molecule has 1 aromatic heterocycles. The van der Waals surface area contributed by atoms with Crippen LogP contribution in [0.25, 0.3) is 11.4 Å². The molecular formula is C17H12BrFN2O4. The van der Waals surface area contributed by atoms with Gasteiger partial charge in [0.1, 0.15) is 11.6 Å². The first-order chi connectivity index (χ1) is 12.1. The zero-order valence-corrected chi connectivity index (χ0v) is 14.6. The predicted octanol–water partition coefficient (Wildman–Crippen LogP) is 4.00. The normalized spacial score (nSPS) is 10.5. The largest absolute Gasteiger partial charge is 0.497 e. The minimum absolute atomic E-state index is 0.143. The maximum Gasteiger partial charge on any atom is 0.339 e. The Balaban J connectivity index is 1.68. The molecule has 0 saturated heterocycles. The summed E-state index contributed by atoms with van der Waals surface area (Å²) in [6.07, 6.45) is 0. The van der Waals surface area contributed by atoms with Crippen molar-refractivity contribution >= 4 is 21.9 Å². The molecule has 3 rings (SSSR count). The molecule has 1 heterocycles. The van der Waals surface area contributed by atoms with Crippen molar-refractivity contribution < 1.29 is 23.2 Å². The smallest absolute Gasteiger partial charge is 0.339 e. The van der Waals surface area contributed by atoms with E-state index in [1.54, 1.807) is 31.4 Å². The van der Waals surface area contributed by atoms with Gasteiger partial charge in [0.2, 0.25) is 5.82 Å². The highest BCUT2D eigenvalue weighted by atomic mass is 79.9. The van der Waals surface area contributed by atoms with Crippen LogP contribution >= 0.6 is 15.9 Å². The van der Waals surface area contributed by atoms with E-state index in [0.717, 1.165) is 0 Å². The third kappa shape index (κ3) is 4.03. The molecule has 0 amide bonds. The molecule has 0 unspecified atom stereocenters. The second-order valence-corrected chi connectivity index (χ2v) is 5.80. The molecule has 0 N–H and O–H groups in total. The minimum atomic E-state index is -0.631. The van der Waals surface area contributed by atoms with Crippen LogP contribution in [0.15, 0.2) is 51.5 Å². The Labute approximate surface area is 150 Å². The summed E-state index contributed by atoms with van der Waals surface area (Å²) in [5, 5.41) is 3.85. The van der Waals surface area contributed by atoms with Crippen LogP contribution < -0.4 is 4.74 Å². The molecule has 0 saturated carbocycles. The number of ether oxygens (including phenoxy) is 2. The lowest BCUT2D eigenvalue weighted by molar-refractivity contribution is 0.0428. The molecule has 6 nitrogen and oxygen atoms in total. The molecule has 0 atom stereocenters. The number of carbonyl (C=O) groups is 1. The molecule has 0 aliphatic heterocycles. The third-order valence-corrected chi connectivity index (χ3v) is 3.93. The fourth-order valence-corrected chi connectivity index (χ4v) is 2.57. The highest BCUT2D eigenvalue weighted by Gasteiger charge is 2.15. The van der Waals surface area contributed by atoms with E-state index in [-0.39, 0.29) is 18.1 Å². The van der Waals surface area contributed by atoms with Gasteiger partial charge in [-0.15, -0.1) is 0 Å². The van der Waals surface area contributed by atoms with Gasteiger partial charge in [-0.2, -0.15) is 4.98 Å². The summed E-state index contributed by atoms with van der Waals surface area (Å²) in [6.45, 7) is -0.195. The lowest BCUT2D eigenvalue weighted by atomic mass is 10.2. The van der Waals surface area contributed by atoms with Crippen molar-refractivity contribution in [3.05, 3.63) is 64.2 Å². The molecule has 0 aliphatic rings. The summed E-state index contributed by atoms with van der Waals surface area (Å²) in [6, 6.07) is 10.9. The number of rotatable bonds is 5. The maximum absolute atomic E-state index is 13.1. The number of nitrogens with zero attached hydrogens (tertiary/aromatic N) is 2. The molecule has 2 aromatic carbocycles. The fourth-order valence-electron chi connectivity index (χ4n) is 2.05. The first-order valence-corrected chi connectivity index (χ1v) is 7.95. The number of methoxy groups -OCH3 is 1. The average molecular weight is 407 g/mol. The fraction of sp³-hybridized carbons (Fsp3) is 0.118. The summed E-state index contributed by atoms with van der Waals surface area (Å²) >= 11 is 3.12. The first-order valence-electron chi connectivity index (χ1n) is 7.16. The topological polar surface area (TPSA) is 74.5 Å². The van der Waals surface area contributed by atoms with Gasteiger partial charge >= 0.3 is 5.97 Å². The summed E-state index contributed by atoms with van der Waals surface area (Å²) in [5.41, 5.74) is 0.913. The predicted molar refractivity (Wildman–Crippen MR) is 89.5 cm³/mol. The van der Waals surface area contributed by atoms with E-state index in [0.29, 0.717) is 21.6 Å². The molecule has 3 aromatic rings. The number of esters is 1. The molecule has 0 fully saturated rings. The van der Waals surface area contributed by atoms with Crippen molar-refractivity contribution in [3.63, 3.8) is 0 Å². The molecule has 0 spiro atoms. The van der Waals surface area contributed by atoms with Crippen LogP contribution in [0.1, 0.15) is 16.2 Å². The average Bonchev–Trinajstić information content (AvgIpc) is 3.09. The van der Waals surface area contributed by atoms with Crippen molar-refractivity contribution in [2.45, 2.75) is 6.61 Å². The number of hydrogen-bond donors (Lipinski definition) is 0. The molecular weight excluding hydrogens is 395 g/mol. The lowest BCUT2D eigenvalue weighted by Gasteiger charge is -2.04. The Morgan fingerprint density at radius 3 is 2.88 bits per heavy atom. The van der Waals surface area contributed by atoms with Gasteiger partial charge in [0.15, 0.2) is 6.61 Å². The Bertz CT molecular complexity index is 913. The van der Waals surface area contributed by atoms with E-state index in [2.05, 4.69) is 26.1 Å². The van der Waals surface area contributed by atoms with Crippen LogP contribution in [-0.2, 0) is 11.3 Å². The van der Waals surface area contributed by atoms with Crippen LogP contribution in [0.3, 0.4) is 0 Å². The lowest BCUT2D eigenvalue weighted by Crippen LogP contribution is -2.06. The molecule has 0 aliphatic carbocycles. The van der Waals surface area contributed by atoms with Gasteiger partial charge in [-0.25, -0.2) is 9.18 Å². The van der Waals surface area contributed by atoms with Gasteiger partial charge in [-0.1, -0.05) is 17.3 Å². The summed E-state index contributed by atoms with van der Waals surface area (Å²) < 4.78 is 28.7. The van der Waals surface area contributed by atoms with Crippen LogP contribution in [-0.4, -0.2) is 23.2 Å². The Hall–Kier alpha value is -2.74. The van der Waals surface area contributed by atoms with Crippen molar-refractivity contribution in [1.29, 1.82) is 0 Å². The van der Waals surface area contributed by atoms with E-state index >= 15 is 0 Å². The van der Waals surface area contributed by atoms with Gasteiger partial charge in [-0.05, 0) is 46.3 Å². The molecule has 0 bridgehead atoms. The Morgan fingerprint density at radius 2 is 2.12 bits per heavy atom. The van der Waals surface area contributed by atoms with Gasteiger partial charge in [0.25, 0.3) is 5.89 Å². The third-order valence-electron chi connectivity index (χ3n) is 3.27. The van der Waals surface area contributed by atoms with Crippen molar-refractivity contribution in [2.75, 3.05) is 7.11 Å². The van der Waals surface area contributed by atoms with Crippen molar-refractivity contribution in [2.24, 2.45) is 0 Å². The standard InChI is InChI=1S/C17H12BrFN2O4/c1-23-12-4-2-3-10(7-12)16-20-15(25-21-16)9-24-17(22)13-6-5-11(19)8-14(13)18/h2-8H,9H2,1H3. The SMILES string of the molecule is COc1cccc(-c2noc(COC(=O)c3ccc(F)cc3Br)n2)c1. The number of aromatic nitrogens is 2. The molecule has 0 radical (unpaired) electrons. The van der Waals surface area contributed by atoms with E-state index < -0.39 is 11.8 Å². The van der Waals surface area contributed by atoms with Crippen LogP contribution in [0.5, 0.6) is 5.75 Å². The molecule has 25 heavy (non-hydrogen) atoms. The van der Waals surface area contributed by atoms with E-state index in [1.807, 2.05) is 0 Å². The highest BCUT2D eigenvalue weighted by molar-refractivity contribution is 9.10. The summed E-state index contributed by atoms with van der Waals surface area (Å²) in [5.74, 6) is 0.0741. The van der Waals surface area contributed by atoms with Gasteiger partial charge in [0.05, 0.1) is 12.7 Å². The van der Waals surface area contributed by atoms with E-state index in [1.165, 1.54) is 18.2 Å². The van der Waals surface area contributed by atoms with Crippen LogP contribution in [0, 0.1) is 5.82 Å². The molecule has 128 valence electrons. The summed E-state index contributed by atoms with van der Waals surface area (Å²) in [4.78, 5) is 16.2. The second kappa shape index (κ2) is 7.43. The zero-order valence-electron chi connectivity index (χ0n) is 13.0. The van der Waals surface area contributed by atoms with Crippen molar-refractivity contribution in [1.82, 2.24) is 10.1 Å². The molecule has 8 heteroatoms. The number of halogens is 2. The van der Waals surface area contributed by atoms with Crippen LogP contribution in [0.4, 0.5) is 4.39 Å². The quantitative estimate of drug-likeness (QED) is 0.596. The van der Waals surface area contributed by atoms with Gasteiger partial charge in [0, 0.05) is 10.0 Å². The monoisotopic (exact) mass is 406 g/mol.